The van der Waals surface area contributed by atoms with Crippen molar-refractivity contribution in [3.8, 4) is 5.69 Å². The first-order chi connectivity index (χ1) is 10.8. The smallest absolute Gasteiger partial charge is 0.293 e. The summed E-state index contributed by atoms with van der Waals surface area (Å²) in [5.74, 6) is 0. The first-order valence-electron chi connectivity index (χ1n) is 6.99. The minimum absolute atomic E-state index is 0.123. The number of rotatable bonds is 2. The summed E-state index contributed by atoms with van der Waals surface area (Å²) in [7, 11) is 0. The molecule has 22 heavy (non-hydrogen) atoms. The minimum atomic E-state index is -0.319. The van der Waals surface area contributed by atoms with Gasteiger partial charge in [0.1, 0.15) is 5.52 Å². The topological polar surface area (TPSA) is 48.1 Å². The molecule has 0 atom stereocenters. The Balaban J connectivity index is 2.27. The van der Waals surface area contributed by atoms with Crippen LogP contribution in [0.5, 0.6) is 0 Å². The highest BCUT2D eigenvalue weighted by Crippen LogP contribution is 2.36. The van der Waals surface area contributed by atoms with Gasteiger partial charge in [-0.25, -0.2) is 0 Å². The van der Waals surface area contributed by atoms with Crippen LogP contribution in [0.3, 0.4) is 0 Å². The largest absolute Gasteiger partial charge is 0.303 e. The molecular formula is C18H12N2O2. The van der Waals surface area contributed by atoms with Crippen LogP contribution in [0.15, 0.2) is 72.8 Å². The molecule has 0 saturated carbocycles. The van der Waals surface area contributed by atoms with E-state index in [0.29, 0.717) is 5.52 Å². The summed E-state index contributed by atoms with van der Waals surface area (Å²) in [6, 6.07) is 22.9. The molecule has 0 fully saturated rings. The summed E-state index contributed by atoms with van der Waals surface area (Å²) in [5, 5.41) is 13.4. The maximum absolute atomic E-state index is 11.5. The van der Waals surface area contributed by atoms with E-state index in [-0.39, 0.29) is 10.6 Å². The van der Waals surface area contributed by atoms with Crippen molar-refractivity contribution in [2.45, 2.75) is 0 Å². The highest BCUT2D eigenvalue weighted by molar-refractivity contribution is 6.12. The van der Waals surface area contributed by atoms with Gasteiger partial charge in [0.05, 0.1) is 10.4 Å². The lowest BCUT2D eigenvalue weighted by Crippen LogP contribution is -1.97. The van der Waals surface area contributed by atoms with Crippen LogP contribution in [0.1, 0.15) is 0 Å². The lowest BCUT2D eigenvalue weighted by atomic mass is 10.1. The molecule has 4 heteroatoms. The van der Waals surface area contributed by atoms with Gasteiger partial charge in [0, 0.05) is 22.5 Å². The van der Waals surface area contributed by atoms with Crippen LogP contribution < -0.4 is 0 Å². The summed E-state index contributed by atoms with van der Waals surface area (Å²) >= 11 is 0. The van der Waals surface area contributed by atoms with Crippen molar-refractivity contribution in [1.82, 2.24) is 4.57 Å². The number of aromatic nitrogens is 1. The Bertz CT molecular complexity index is 1000. The fraction of sp³-hybridized carbons (Fsp3) is 0. The Morgan fingerprint density at radius 1 is 0.773 bits per heavy atom. The zero-order chi connectivity index (χ0) is 15.1. The van der Waals surface area contributed by atoms with Crippen molar-refractivity contribution in [3.05, 3.63) is 82.9 Å². The third-order valence-corrected chi connectivity index (χ3v) is 3.88. The van der Waals surface area contributed by atoms with E-state index in [1.807, 2.05) is 65.2 Å². The van der Waals surface area contributed by atoms with E-state index in [4.69, 9.17) is 0 Å². The molecule has 0 aliphatic carbocycles. The number of hydrogen-bond donors (Lipinski definition) is 0. The van der Waals surface area contributed by atoms with Crippen LogP contribution in [0.25, 0.3) is 27.5 Å². The summed E-state index contributed by atoms with van der Waals surface area (Å²) in [6.07, 6.45) is 0. The molecule has 0 saturated heterocycles. The van der Waals surface area contributed by atoms with Gasteiger partial charge in [-0.3, -0.25) is 10.1 Å². The SMILES string of the molecule is O=[N+]([O-])c1cccc2c3ccccc3n(-c3ccccc3)c12. The van der Waals surface area contributed by atoms with Crippen LogP contribution in [-0.4, -0.2) is 9.49 Å². The number of nitro groups is 1. The van der Waals surface area contributed by atoms with Gasteiger partial charge in [0.2, 0.25) is 0 Å². The van der Waals surface area contributed by atoms with Crippen molar-refractivity contribution >= 4 is 27.5 Å². The second-order valence-electron chi connectivity index (χ2n) is 5.12. The average Bonchev–Trinajstić information content (AvgIpc) is 2.90. The van der Waals surface area contributed by atoms with Crippen LogP contribution in [0.2, 0.25) is 0 Å². The predicted octanol–water partition coefficient (Wildman–Crippen LogP) is 4.69. The molecule has 1 aromatic heterocycles. The predicted molar refractivity (Wildman–Crippen MR) is 87.4 cm³/mol. The van der Waals surface area contributed by atoms with Gasteiger partial charge < -0.3 is 4.57 Å². The zero-order valence-electron chi connectivity index (χ0n) is 11.6. The minimum Gasteiger partial charge on any atom is -0.303 e. The van der Waals surface area contributed by atoms with Crippen molar-refractivity contribution in [3.63, 3.8) is 0 Å². The molecule has 0 radical (unpaired) electrons. The first-order valence-corrected chi connectivity index (χ1v) is 6.99. The Labute approximate surface area is 126 Å². The molecule has 0 N–H and O–H groups in total. The fourth-order valence-corrected chi connectivity index (χ4v) is 2.99. The third kappa shape index (κ3) is 1.71. The molecule has 1 heterocycles. The molecule has 4 nitrogen and oxygen atoms in total. The highest BCUT2D eigenvalue weighted by atomic mass is 16.6. The van der Waals surface area contributed by atoms with Crippen LogP contribution in [0, 0.1) is 10.1 Å². The molecular weight excluding hydrogens is 276 g/mol. The van der Waals surface area contributed by atoms with Gasteiger partial charge in [-0.1, -0.05) is 48.5 Å². The number of nitrogens with zero attached hydrogens (tertiary/aromatic N) is 2. The molecule has 3 aromatic carbocycles. The van der Waals surface area contributed by atoms with Gasteiger partial charge in [-0.05, 0) is 18.2 Å². The summed E-state index contributed by atoms with van der Waals surface area (Å²) < 4.78 is 1.96. The van der Waals surface area contributed by atoms with E-state index in [9.17, 15) is 10.1 Å². The fourth-order valence-electron chi connectivity index (χ4n) is 2.99. The monoisotopic (exact) mass is 288 g/mol. The quantitative estimate of drug-likeness (QED) is 0.397. The van der Waals surface area contributed by atoms with Gasteiger partial charge in [0.15, 0.2) is 0 Å². The Morgan fingerprint density at radius 2 is 1.45 bits per heavy atom. The molecule has 4 aromatic rings. The van der Waals surface area contributed by atoms with Crippen LogP contribution in [0.4, 0.5) is 5.69 Å². The Kier molecular flexibility index (Phi) is 2.69. The molecule has 0 bridgehead atoms. The van der Waals surface area contributed by atoms with Crippen LogP contribution >= 0.6 is 0 Å². The molecule has 0 spiro atoms. The lowest BCUT2D eigenvalue weighted by molar-refractivity contribution is -0.383. The highest BCUT2D eigenvalue weighted by Gasteiger charge is 2.20. The van der Waals surface area contributed by atoms with E-state index >= 15 is 0 Å². The normalized spacial score (nSPS) is 11.1. The van der Waals surface area contributed by atoms with Gasteiger partial charge in [-0.15, -0.1) is 0 Å². The second kappa shape index (κ2) is 4.70. The summed E-state index contributed by atoms with van der Waals surface area (Å²) in [4.78, 5) is 11.1. The second-order valence-corrected chi connectivity index (χ2v) is 5.12. The third-order valence-electron chi connectivity index (χ3n) is 3.88. The first kappa shape index (κ1) is 12.6. The van der Waals surface area contributed by atoms with E-state index in [2.05, 4.69) is 0 Å². The molecule has 0 aliphatic rings. The standard InChI is InChI=1S/C18H12N2O2/c21-20(22)17-12-6-10-15-14-9-4-5-11-16(14)19(18(15)17)13-7-2-1-3-8-13/h1-12H. The molecule has 0 aliphatic heterocycles. The Hall–Kier alpha value is -3.14. The number of benzene rings is 3. The Morgan fingerprint density at radius 3 is 2.23 bits per heavy atom. The average molecular weight is 288 g/mol. The van der Waals surface area contributed by atoms with Gasteiger partial charge >= 0.3 is 0 Å². The van der Waals surface area contributed by atoms with Gasteiger partial charge in [-0.2, -0.15) is 0 Å². The maximum Gasteiger partial charge on any atom is 0.293 e. The van der Waals surface area contributed by atoms with Crippen LogP contribution in [-0.2, 0) is 0 Å². The van der Waals surface area contributed by atoms with Crippen molar-refractivity contribution < 1.29 is 4.92 Å². The van der Waals surface area contributed by atoms with E-state index in [1.165, 1.54) is 0 Å². The molecule has 0 unspecified atom stereocenters. The number of para-hydroxylation sites is 3. The van der Waals surface area contributed by atoms with Crippen molar-refractivity contribution in [2.24, 2.45) is 0 Å². The summed E-state index contributed by atoms with van der Waals surface area (Å²) in [5.41, 5.74) is 2.65. The number of nitro benzene ring substituents is 1. The van der Waals surface area contributed by atoms with Gasteiger partial charge in [0.25, 0.3) is 5.69 Å². The molecule has 0 amide bonds. The van der Waals surface area contributed by atoms with E-state index < -0.39 is 0 Å². The maximum atomic E-state index is 11.5. The van der Waals surface area contributed by atoms with Crippen molar-refractivity contribution in [1.29, 1.82) is 0 Å². The van der Waals surface area contributed by atoms with E-state index in [0.717, 1.165) is 22.0 Å². The number of fused-ring (bicyclic) bond motifs is 3. The molecule has 4 rings (SSSR count). The zero-order valence-corrected chi connectivity index (χ0v) is 11.6. The number of non-ortho nitro benzene ring substituents is 1. The summed E-state index contributed by atoms with van der Waals surface area (Å²) in [6.45, 7) is 0. The molecule has 106 valence electrons. The lowest BCUT2D eigenvalue weighted by Gasteiger charge is -2.07. The van der Waals surface area contributed by atoms with Crippen molar-refractivity contribution in [2.75, 3.05) is 0 Å². The number of hydrogen-bond acceptors (Lipinski definition) is 2. The van der Waals surface area contributed by atoms with E-state index in [1.54, 1.807) is 12.1 Å².